The summed E-state index contributed by atoms with van der Waals surface area (Å²) in [5.74, 6) is -1.19. The fourth-order valence-corrected chi connectivity index (χ4v) is 5.34. The molecule has 0 bridgehead atoms. The zero-order valence-corrected chi connectivity index (χ0v) is 25.3. The van der Waals surface area contributed by atoms with Crippen molar-refractivity contribution in [2.45, 2.75) is 4.90 Å². The molecule has 0 fully saturated rings. The number of rotatable bonds is 12. The molecule has 0 spiro atoms. The van der Waals surface area contributed by atoms with E-state index in [2.05, 4.69) is 50.0 Å². The molecule has 5 N–H and O–H groups in total. The fraction of sp³-hybridized carbons (Fsp3) is 0.0526. The quantitative estimate of drug-likeness (QED) is 0.132. The third-order valence-electron chi connectivity index (χ3n) is 4.54. The predicted molar refractivity (Wildman–Crippen MR) is 154 cm³/mol. The van der Waals surface area contributed by atoms with Crippen molar-refractivity contribution in [3.63, 3.8) is 0 Å². The number of nitrogens with one attached hydrogen (secondary N) is 3. The second-order valence-corrected chi connectivity index (χ2v) is 12.1. The summed E-state index contributed by atoms with van der Waals surface area (Å²) in [5, 5.41) is 7.42. The topological polar surface area (TPSA) is 258 Å². The Morgan fingerprint density at radius 2 is 1.23 bits per heavy atom. The molecule has 4 rings (SSSR count). The lowest BCUT2D eigenvalue weighted by Gasteiger charge is -2.12. The van der Waals surface area contributed by atoms with E-state index < -0.39 is 42.4 Å². The maximum Gasteiger partial charge on any atom is 0.398 e. The largest absolute Gasteiger partial charge is 0.399 e. The van der Waals surface area contributed by atoms with E-state index in [1.54, 1.807) is 0 Å². The summed E-state index contributed by atoms with van der Waals surface area (Å²) in [5.41, 5.74) is 0.401. The Morgan fingerprint density at radius 1 is 0.721 bits per heavy atom. The monoisotopic (exact) mass is 713 g/mol. The number of anilines is 6. The maximum absolute atomic E-state index is 12.1. The minimum atomic E-state index is -4.78. The zero-order valence-electron chi connectivity index (χ0n) is 20.5. The van der Waals surface area contributed by atoms with Crippen LogP contribution in [0.15, 0.2) is 47.4 Å². The minimum absolute atomic E-state index is 0.0434. The lowest BCUT2D eigenvalue weighted by atomic mass is 10.3. The molecule has 2 heterocycles. The highest BCUT2D eigenvalue weighted by atomic mass is 35.5. The molecule has 2 aromatic heterocycles. The molecule has 1 unspecified atom stereocenters. The molecule has 0 amide bonds. The zero-order chi connectivity index (χ0) is 31.4. The highest BCUT2D eigenvalue weighted by Gasteiger charge is 2.19. The van der Waals surface area contributed by atoms with Gasteiger partial charge in [-0.2, -0.15) is 46.7 Å². The first kappa shape index (κ1) is 32.4. The molecule has 0 saturated carbocycles. The van der Waals surface area contributed by atoms with E-state index in [0.717, 1.165) is 6.07 Å². The molecule has 2 aromatic carbocycles. The molecule has 0 aliphatic heterocycles. The normalized spacial score (nSPS) is 12.4. The van der Waals surface area contributed by atoms with Crippen LogP contribution in [0.1, 0.15) is 0 Å². The second kappa shape index (κ2) is 13.4. The smallest absolute Gasteiger partial charge is 0.398 e. The molecule has 0 radical (unpaired) electrons. The molecule has 43 heavy (non-hydrogen) atoms. The average molecular weight is 715 g/mol. The summed E-state index contributed by atoms with van der Waals surface area (Å²) < 4.78 is 84.3. The molecule has 4 aromatic rings. The van der Waals surface area contributed by atoms with Gasteiger partial charge in [-0.3, -0.25) is 9.11 Å². The van der Waals surface area contributed by atoms with Gasteiger partial charge in [-0.05, 0) is 77.3 Å². The van der Waals surface area contributed by atoms with Gasteiger partial charge >= 0.3 is 10.4 Å². The van der Waals surface area contributed by atoms with Crippen molar-refractivity contribution in [3.05, 3.63) is 58.3 Å². The summed E-state index contributed by atoms with van der Waals surface area (Å²) in [4.78, 5) is 22.6. The molecule has 24 heteroatoms. The van der Waals surface area contributed by atoms with Crippen molar-refractivity contribution in [3.8, 4) is 5.75 Å². The van der Waals surface area contributed by atoms with Crippen LogP contribution in [0, 0.1) is 0 Å². The van der Waals surface area contributed by atoms with Gasteiger partial charge in [-0.25, -0.2) is 8.39 Å². The van der Waals surface area contributed by atoms with Crippen LogP contribution >= 0.6 is 34.8 Å². The number of aromatic nitrogens is 6. The summed E-state index contributed by atoms with van der Waals surface area (Å²) in [6.45, 7) is 0. The van der Waals surface area contributed by atoms with Crippen LogP contribution in [0.4, 0.5) is 34.9 Å². The Hall–Kier alpha value is -3.54. The van der Waals surface area contributed by atoms with Crippen LogP contribution in [-0.2, 0) is 35.8 Å². The Labute approximate surface area is 259 Å². The van der Waals surface area contributed by atoms with Gasteiger partial charge in [-0.15, -0.1) is 0 Å². The van der Waals surface area contributed by atoms with Crippen molar-refractivity contribution in [2.24, 2.45) is 0 Å². The Bertz CT molecular complexity index is 1880. The van der Waals surface area contributed by atoms with E-state index in [-0.39, 0.29) is 50.8 Å². The second-order valence-electron chi connectivity index (χ2n) is 7.58. The molecule has 0 aliphatic rings. The van der Waals surface area contributed by atoms with Crippen LogP contribution in [0.5, 0.6) is 5.75 Å². The molecule has 18 nitrogen and oxygen atoms in total. The molecular weight excluding hydrogens is 701 g/mol. The number of halogens is 3. The minimum Gasteiger partial charge on any atom is -0.399 e. The molecule has 1 atom stereocenters. The third kappa shape index (κ3) is 10.0. The Balaban J connectivity index is 1.48. The lowest BCUT2D eigenvalue weighted by molar-refractivity contribution is 0.305. The van der Waals surface area contributed by atoms with E-state index in [9.17, 15) is 25.6 Å². The van der Waals surface area contributed by atoms with Gasteiger partial charge in [0.15, 0.2) is 5.94 Å². The van der Waals surface area contributed by atoms with Crippen molar-refractivity contribution in [1.82, 2.24) is 29.9 Å². The number of hydrogen-bond acceptors (Lipinski definition) is 16. The van der Waals surface area contributed by atoms with Gasteiger partial charge in [-0.1, -0.05) is 0 Å². The van der Waals surface area contributed by atoms with Crippen molar-refractivity contribution < 1.29 is 38.5 Å². The highest BCUT2D eigenvalue weighted by molar-refractivity contribution is 7.86. The molecule has 0 saturated heterocycles. The molecular formula is C19H14Cl3N9O9S3. The number of nitrogens with zero attached hydrogens (tertiary/aromatic N) is 6. The van der Waals surface area contributed by atoms with Crippen LogP contribution in [0.3, 0.4) is 0 Å². The number of benzene rings is 2. The van der Waals surface area contributed by atoms with Crippen LogP contribution in [-0.4, -0.2) is 66.0 Å². The standard InChI is InChI=1S/C19H14Cl3N9O9S3/c20-14-26-15(21)28-19(27-14)25-12-6-3-10(7-13(12)42(33,34)35)24-18-30-16(22)29-17(31-18)23-9-1-4-11(5-2-9)40-41(32)8-39-43(36,37)38/h1-7H,8H2,(H,33,34,35)(H,36,37,38)(H,25,26,27,28)(H2,23,24,29,30,31). The van der Waals surface area contributed by atoms with Crippen LogP contribution in [0.25, 0.3) is 0 Å². The first-order valence-electron chi connectivity index (χ1n) is 10.8. The third-order valence-corrected chi connectivity index (χ3v) is 7.20. The first-order valence-corrected chi connectivity index (χ1v) is 16.0. The highest BCUT2D eigenvalue weighted by Crippen LogP contribution is 2.29. The van der Waals surface area contributed by atoms with E-state index in [1.165, 1.54) is 36.4 Å². The van der Waals surface area contributed by atoms with Crippen LogP contribution in [0.2, 0.25) is 15.9 Å². The Kier molecular flexibility index (Phi) is 10.1. The van der Waals surface area contributed by atoms with Crippen molar-refractivity contribution >= 4 is 101 Å². The summed E-state index contributed by atoms with van der Waals surface area (Å²) in [6.07, 6.45) is 0. The fourth-order valence-electron chi connectivity index (χ4n) is 2.96. The van der Waals surface area contributed by atoms with Crippen molar-refractivity contribution in [1.29, 1.82) is 0 Å². The van der Waals surface area contributed by atoms with E-state index in [1.807, 2.05) is 0 Å². The summed E-state index contributed by atoms with van der Waals surface area (Å²) in [6, 6.07) is 9.45. The lowest BCUT2D eigenvalue weighted by Crippen LogP contribution is -2.13. The van der Waals surface area contributed by atoms with Gasteiger partial charge < -0.3 is 20.1 Å². The molecule has 228 valence electrons. The average Bonchev–Trinajstić information content (AvgIpc) is 2.88. The van der Waals surface area contributed by atoms with Gasteiger partial charge in [0.1, 0.15) is 10.6 Å². The van der Waals surface area contributed by atoms with E-state index >= 15 is 0 Å². The van der Waals surface area contributed by atoms with E-state index in [4.69, 9.17) is 43.5 Å². The Morgan fingerprint density at radius 3 is 1.79 bits per heavy atom. The van der Waals surface area contributed by atoms with Gasteiger partial charge in [0, 0.05) is 11.4 Å². The summed E-state index contributed by atoms with van der Waals surface area (Å²) >= 11 is 15.3. The van der Waals surface area contributed by atoms with Crippen molar-refractivity contribution in [2.75, 3.05) is 21.9 Å². The molecule has 0 aliphatic carbocycles. The first-order chi connectivity index (χ1) is 20.1. The maximum atomic E-state index is 12.1. The van der Waals surface area contributed by atoms with Gasteiger partial charge in [0.25, 0.3) is 10.1 Å². The predicted octanol–water partition coefficient (Wildman–Crippen LogP) is 3.31. The van der Waals surface area contributed by atoms with Gasteiger partial charge in [0.2, 0.25) is 44.8 Å². The van der Waals surface area contributed by atoms with Gasteiger partial charge in [0.05, 0.1) is 5.69 Å². The van der Waals surface area contributed by atoms with Crippen LogP contribution < -0.4 is 20.1 Å². The summed E-state index contributed by atoms with van der Waals surface area (Å²) in [7, 11) is -9.55. The van der Waals surface area contributed by atoms with E-state index in [0.29, 0.717) is 5.69 Å². The SMILES string of the molecule is O=S(COS(=O)(=O)O)Oc1ccc(Nc2nc(Cl)nc(Nc3ccc(Nc4nc(Cl)nc(Cl)n4)c(S(=O)(=O)O)c3)n2)cc1. The number of hydrogen-bond donors (Lipinski definition) is 5.